The van der Waals surface area contributed by atoms with Crippen molar-refractivity contribution in [3.8, 4) is 0 Å². The Morgan fingerprint density at radius 1 is 0.545 bits per heavy atom. The Bertz CT molecular complexity index is 893. The predicted octanol–water partition coefficient (Wildman–Crippen LogP) is 8.43. The van der Waals surface area contributed by atoms with Crippen molar-refractivity contribution in [1.29, 1.82) is 0 Å². The van der Waals surface area contributed by atoms with E-state index < -0.39 is 17.4 Å². The maximum absolute atomic E-state index is 13.5. The number of unbranched alkanes of at least 4 members (excludes halogenated alkanes) is 17. The molecule has 0 bridgehead atoms. The van der Waals surface area contributed by atoms with Crippen LogP contribution < -0.4 is 5.32 Å². The first-order chi connectivity index (χ1) is 26.9. The van der Waals surface area contributed by atoms with Crippen LogP contribution in [0.2, 0.25) is 0 Å². The SMILES string of the molecule is C=CCOCOCCOOCCOCCOCCOCCCCCNC(=O)C(CCCCCCCCCCC)(CCCCCCCCCCC(=O)O)C(=O)O. The molecular formula is C42H79NO12. The minimum absolute atomic E-state index is 0.188. The Kier molecular flexibility index (Phi) is 39.9. The first-order valence-corrected chi connectivity index (χ1v) is 21.4. The third kappa shape index (κ3) is 34.8. The Morgan fingerprint density at radius 3 is 1.51 bits per heavy atom. The van der Waals surface area contributed by atoms with Gasteiger partial charge in [0.1, 0.15) is 25.4 Å². The highest BCUT2D eigenvalue weighted by Gasteiger charge is 2.44. The molecule has 0 aliphatic heterocycles. The van der Waals surface area contributed by atoms with E-state index in [1.807, 2.05) is 0 Å². The normalized spacial score (nSPS) is 12.5. The van der Waals surface area contributed by atoms with E-state index in [-0.39, 0.29) is 19.1 Å². The fourth-order valence-electron chi connectivity index (χ4n) is 6.14. The van der Waals surface area contributed by atoms with E-state index >= 15 is 0 Å². The average molecular weight is 790 g/mol. The molecule has 0 saturated carbocycles. The molecule has 13 heteroatoms. The zero-order valence-electron chi connectivity index (χ0n) is 34.5. The van der Waals surface area contributed by atoms with Crippen molar-refractivity contribution >= 4 is 17.8 Å². The van der Waals surface area contributed by atoms with Crippen molar-refractivity contribution in [2.45, 2.75) is 155 Å². The maximum atomic E-state index is 13.5. The van der Waals surface area contributed by atoms with Crippen LogP contribution in [0.5, 0.6) is 0 Å². The summed E-state index contributed by atoms with van der Waals surface area (Å²) in [6.45, 7) is 10.7. The zero-order valence-corrected chi connectivity index (χ0v) is 34.5. The number of rotatable bonds is 46. The minimum Gasteiger partial charge on any atom is -0.481 e. The van der Waals surface area contributed by atoms with Gasteiger partial charge in [-0.1, -0.05) is 116 Å². The number of hydrogen-bond donors (Lipinski definition) is 3. The molecule has 3 N–H and O–H groups in total. The van der Waals surface area contributed by atoms with Crippen LogP contribution in [0.4, 0.5) is 0 Å². The summed E-state index contributed by atoms with van der Waals surface area (Å²) in [6.07, 6.45) is 22.7. The van der Waals surface area contributed by atoms with Crippen LogP contribution in [0.25, 0.3) is 0 Å². The standard InChI is InChI=1S/C42H79NO12/c1-3-5-6-7-8-10-13-16-20-25-42(41(47)48,26-21-17-14-11-9-12-15-19-24-39(44)45)40(46)43-27-22-18-23-29-49-30-31-50-32-33-51-34-36-54-55-37-35-53-38-52-28-4-2/h4H,2-3,5-38H2,1H3,(H,43,46)(H,44,45)(H,47,48). The van der Waals surface area contributed by atoms with E-state index in [9.17, 15) is 19.5 Å². The highest BCUT2D eigenvalue weighted by Crippen LogP contribution is 2.33. The second-order valence-electron chi connectivity index (χ2n) is 14.2. The summed E-state index contributed by atoms with van der Waals surface area (Å²) in [4.78, 5) is 46.9. The lowest BCUT2D eigenvalue weighted by atomic mass is 9.76. The lowest BCUT2D eigenvalue weighted by molar-refractivity contribution is -0.305. The number of carboxylic acid groups (broad SMARTS) is 2. The summed E-state index contributed by atoms with van der Waals surface area (Å²) in [5.41, 5.74) is -1.38. The topological polar surface area (TPSA) is 168 Å². The van der Waals surface area contributed by atoms with Gasteiger partial charge < -0.3 is 39.2 Å². The molecule has 0 rings (SSSR count). The Labute approximate surface area is 332 Å². The monoisotopic (exact) mass is 790 g/mol. The second-order valence-corrected chi connectivity index (χ2v) is 14.2. The first kappa shape index (κ1) is 52.9. The third-order valence-corrected chi connectivity index (χ3v) is 9.40. The van der Waals surface area contributed by atoms with Gasteiger partial charge in [0.2, 0.25) is 5.91 Å². The van der Waals surface area contributed by atoms with Crippen LogP contribution in [0.15, 0.2) is 12.7 Å². The molecule has 0 aromatic rings. The summed E-state index contributed by atoms with van der Waals surface area (Å²) in [6, 6.07) is 0. The van der Waals surface area contributed by atoms with Gasteiger partial charge in [-0.2, -0.15) is 0 Å². The third-order valence-electron chi connectivity index (χ3n) is 9.40. The van der Waals surface area contributed by atoms with Gasteiger partial charge in [0.15, 0.2) is 0 Å². The molecule has 55 heavy (non-hydrogen) atoms. The Hall–Kier alpha value is -2.13. The van der Waals surface area contributed by atoms with Crippen LogP contribution >= 0.6 is 0 Å². The number of nitrogens with one attached hydrogen (secondary N) is 1. The van der Waals surface area contributed by atoms with Crippen molar-refractivity contribution in [2.75, 3.05) is 79.4 Å². The fraction of sp³-hybridized carbons (Fsp3) is 0.881. The molecule has 1 unspecified atom stereocenters. The van der Waals surface area contributed by atoms with Gasteiger partial charge in [-0.25, -0.2) is 9.78 Å². The lowest BCUT2D eigenvalue weighted by Gasteiger charge is -2.28. The van der Waals surface area contributed by atoms with E-state index in [1.165, 1.54) is 32.1 Å². The van der Waals surface area contributed by atoms with Crippen LogP contribution in [0.1, 0.15) is 155 Å². The smallest absolute Gasteiger partial charge is 0.319 e. The quantitative estimate of drug-likeness (QED) is 0.0135. The molecule has 324 valence electrons. The van der Waals surface area contributed by atoms with E-state index in [4.69, 9.17) is 38.6 Å². The molecule has 1 atom stereocenters. The fourth-order valence-corrected chi connectivity index (χ4v) is 6.14. The molecule has 0 aliphatic carbocycles. The molecule has 0 aliphatic rings. The molecule has 1 amide bonds. The first-order valence-electron chi connectivity index (χ1n) is 21.4. The van der Waals surface area contributed by atoms with Gasteiger partial charge in [0, 0.05) is 19.6 Å². The summed E-state index contributed by atoms with van der Waals surface area (Å²) < 4.78 is 26.9. The number of carboxylic acids is 2. The highest BCUT2D eigenvalue weighted by molar-refractivity contribution is 6.01. The molecule has 13 nitrogen and oxygen atoms in total. The van der Waals surface area contributed by atoms with Gasteiger partial charge >= 0.3 is 11.9 Å². The second kappa shape index (κ2) is 41.5. The van der Waals surface area contributed by atoms with Gasteiger partial charge in [-0.15, -0.1) is 6.58 Å². The molecular weight excluding hydrogens is 710 g/mol. The Balaban J connectivity index is 4.20. The highest BCUT2D eigenvalue weighted by atomic mass is 17.2. The van der Waals surface area contributed by atoms with Crippen molar-refractivity contribution in [3.63, 3.8) is 0 Å². The lowest BCUT2D eigenvalue weighted by Crippen LogP contribution is -2.47. The van der Waals surface area contributed by atoms with Crippen LogP contribution in [-0.2, 0) is 47.8 Å². The Morgan fingerprint density at radius 2 is 1.00 bits per heavy atom. The van der Waals surface area contributed by atoms with Gasteiger partial charge in [-0.3, -0.25) is 14.4 Å². The largest absolute Gasteiger partial charge is 0.481 e. The molecule has 0 saturated heterocycles. The minimum atomic E-state index is -1.38. The molecule has 0 fully saturated rings. The average Bonchev–Trinajstić information content (AvgIpc) is 3.17. The van der Waals surface area contributed by atoms with Crippen molar-refractivity contribution < 1.29 is 58.1 Å². The van der Waals surface area contributed by atoms with Gasteiger partial charge in [0.05, 0.1) is 46.2 Å². The maximum Gasteiger partial charge on any atom is 0.319 e. The predicted molar refractivity (Wildman–Crippen MR) is 214 cm³/mol. The summed E-state index contributed by atoms with van der Waals surface area (Å²) in [5.74, 6) is -2.09. The molecule has 0 aromatic carbocycles. The number of aliphatic carboxylic acids is 2. The van der Waals surface area contributed by atoms with E-state index in [2.05, 4.69) is 18.8 Å². The van der Waals surface area contributed by atoms with Crippen LogP contribution in [0.3, 0.4) is 0 Å². The van der Waals surface area contributed by atoms with Crippen molar-refractivity contribution in [3.05, 3.63) is 12.7 Å². The number of ether oxygens (including phenoxy) is 5. The number of amides is 1. The summed E-state index contributed by atoms with van der Waals surface area (Å²) in [7, 11) is 0. The number of carbonyl (C=O) groups is 3. The molecule has 0 heterocycles. The van der Waals surface area contributed by atoms with Crippen LogP contribution in [0, 0.1) is 5.41 Å². The summed E-state index contributed by atoms with van der Waals surface area (Å²) >= 11 is 0. The molecule has 0 radical (unpaired) electrons. The molecule has 0 spiro atoms. The number of carbonyl (C=O) groups excluding carboxylic acids is 1. The zero-order chi connectivity index (χ0) is 40.3. The van der Waals surface area contributed by atoms with E-state index in [0.29, 0.717) is 98.3 Å². The molecule has 0 aromatic heterocycles. The van der Waals surface area contributed by atoms with E-state index in [1.54, 1.807) is 6.08 Å². The van der Waals surface area contributed by atoms with Crippen molar-refractivity contribution in [2.24, 2.45) is 5.41 Å². The van der Waals surface area contributed by atoms with E-state index in [0.717, 1.165) is 83.5 Å². The van der Waals surface area contributed by atoms with Gasteiger partial charge in [0.25, 0.3) is 0 Å². The van der Waals surface area contributed by atoms with Crippen LogP contribution in [-0.4, -0.2) is 107 Å². The number of hydrogen-bond acceptors (Lipinski definition) is 10. The van der Waals surface area contributed by atoms with Crippen molar-refractivity contribution in [1.82, 2.24) is 5.32 Å². The van der Waals surface area contributed by atoms with Gasteiger partial charge in [-0.05, 0) is 38.5 Å². The summed E-state index contributed by atoms with van der Waals surface area (Å²) in [5, 5.41) is 22.2.